The van der Waals surface area contributed by atoms with Gasteiger partial charge in [0.15, 0.2) is 0 Å². The first-order valence-corrected chi connectivity index (χ1v) is 9.21. The van der Waals surface area contributed by atoms with Crippen molar-refractivity contribution in [3.8, 4) is 0 Å². The minimum absolute atomic E-state index is 0.0537. The molecule has 0 saturated heterocycles. The molecule has 0 aromatic heterocycles. The van der Waals surface area contributed by atoms with Crippen molar-refractivity contribution in [1.29, 1.82) is 0 Å². The Morgan fingerprint density at radius 3 is 1.47 bits per heavy atom. The maximum Gasteiger partial charge on any atom is 0.246 e. The van der Waals surface area contributed by atoms with E-state index in [1.165, 1.54) is 0 Å². The van der Waals surface area contributed by atoms with Crippen molar-refractivity contribution in [2.24, 2.45) is 0 Å². The zero-order valence-electron chi connectivity index (χ0n) is 9.53. The van der Waals surface area contributed by atoms with Crippen LogP contribution in [0.4, 0.5) is 0 Å². The van der Waals surface area contributed by atoms with Crippen LogP contribution < -0.4 is 0 Å². The van der Waals surface area contributed by atoms with Crippen molar-refractivity contribution in [2.75, 3.05) is 10.7 Å². The lowest BCUT2D eigenvalue weighted by atomic mass is 10.3. The molecule has 0 aromatic rings. The monoisotopic (exact) mass is 392 g/mol. The summed E-state index contributed by atoms with van der Waals surface area (Å²) in [6.07, 6.45) is 2.79. The van der Waals surface area contributed by atoms with Gasteiger partial charge in [-0.1, -0.05) is 42.4 Å². The molecular formula is C10H18Br2O4S. The van der Waals surface area contributed by atoms with E-state index >= 15 is 0 Å². The van der Waals surface area contributed by atoms with Gasteiger partial charge in [0.1, 0.15) is 0 Å². The third-order valence-electron chi connectivity index (χ3n) is 2.16. The molecule has 102 valence electrons. The Hall–Kier alpha value is 0.570. The number of hydrogen-bond acceptors (Lipinski definition) is 4. The first kappa shape index (κ1) is 17.6. The third kappa shape index (κ3) is 6.91. The number of alkyl halides is 2. The SMILES string of the molecule is O=C(CCCCBr)S(O)(O)C(=O)CCCCBr. The molecule has 2 N–H and O–H groups in total. The molecule has 0 bridgehead atoms. The molecule has 7 heteroatoms. The highest BCUT2D eigenvalue weighted by Crippen LogP contribution is 2.43. The molecule has 0 aliphatic rings. The van der Waals surface area contributed by atoms with E-state index in [1.807, 2.05) is 0 Å². The second-order valence-corrected chi connectivity index (χ2v) is 7.18. The van der Waals surface area contributed by atoms with Crippen LogP contribution in [0.1, 0.15) is 38.5 Å². The van der Waals surface area contributed by atoms with Gasteiger partial charge in [-0.25, -0.2) is 0 Å². The molecule has 0 rings (SSSR count). The molecule has 0 amide bonds. The summed E-state index contributed by atoms with van der Waals surface area (Å²) in [5.74, 6) is 0. The van der Waals surface area contributed by atoms with E-state index < -0.39 is 20.8 Å². The van der Waals surface area contributed by atoms with Crippen molar-refractivity contribution in [3.05, 3.63) is 0 Å². The van der Waals surface area contributed by atoms with E-state index in [-0.39, 0.29) is 12.8 Å². The van der Waals surface area contributed by atoms with Crippen LogP contribution in [0.15, 0.2) is 0 Å². The molecule has 0 unspecified atom stereocenters. The fourth-order valence-electron chi connectivity index (χ4n) is 1.14. The molecule has 4 nitrogen and oxygen atoms in total. The Kier molecular flexibility index (Phi) is 9.81. The van der Waals surface area contributed by atoms with Crippen molar-refractivity contribution < 1.29 is 18.7 Å². The molecule has 0 saturated carbocycles. The van der Waals surface area contributed by atoms with Gasteiger partial charge in [-0.05, 0) is 25.7 Å². The van der Waals surface area contributed by atoms with E-state index in [4.69, 9.17) is 0 Å². The topological polar surface area (TPSA) is 74.6 Å². The summed E-state index contributed by atoms with van der Waals surface area (Å²) < 4.78 is 19.1. The second kappa shape index (κ2) is 9.49. The highest BCUT2D eigenvalue weighted by Gasteiger charge is 2.30. The van der Waals surface area contributed by atoms with Gasteiger partial charge in [0, 0.05) is 23.5 Å². The number of carbonyl (C=O) groups is 2. The molecule has 0 fully saturated rings. The van der Waals surface area contributed by atoms with E-state index in [9.17, 15) is 18.7 Å². The molecule has 0 heterocycles. The van der Waals surface area contributed by atoms with Gasteiger partial charge in [-0.2, -0.15) is 0 Å². The predicted molar refractivity (Wildman–Crippen MR) is 78.2 cm³/mol. The number of carbonyl (C=O) groups excluding carboxylic acids is 2. The van der Waals surface area contributed by atoms with Gasteiger partial charge in [0.25, 0.3) is 0 Å². The quantitative estimate of drug-likeness (QED) is 0.484. The van der Waals surface area contributed by atoms with Crippen LogP contribution in [0.2, 0.25) is 0 Å². The van der Waals surface area contributed by atoms with Crippen LogP contribution in [0.5, 0.6) is 0 Å². The Morgan fingerprint density at radius 2 is 1.18 bits per heavy atom. The van der Waals surface area contributed by atoms with Crippen LogP contribution in [0, 0.1) is 0 Å². The third-order valence-corrected chi connectivity index (χ3v) is 4.96. The molecular weight excluding hydrogens is 376 g/mol. The smallest absolute Gasteiger partial charge is 0.246 e. The lowest BCUT2D eigenvalue weighted by Gasteiger charge is -2.27. The molecule has 0 aliphatic carbocycles. The summed E-state index contributed by atoms with van der Waals surface area (Å²) in [7, 11) is -3.71. The summed E-state index contributed by atoms with van der Waals surface area (Å²) in [5.41, 5.74) is 0. The standard InChI is InChI=1S/C10H18Br2O4S/c11-7-3-1-5-9(13)17(15,16)10(14)6-2-4-8-12/h15-16H,1-8H2. The van der Waals surface area contributed by atoms with Gasteiger partial charge < -0.3 is 0 Å². The minimum atomic E-state index is -3.71. The van der Waals surface area contributed by atoms with Gasteiger partial charge in [-0.15, -0.1) is 0 Å². The molecule has 0 aliphatic heterocycles. The van der Waals surface area contributed by atoms with Crippen molar-refractivity contribution >= 4 is 52.7 Å². The molecule has 0 atom stereocenters. The van der Waals surface area contributed by atoms with E-state index in [2.05, 4.69) is 31.9 Å². The van der Waals surface area contributed by atoms with Crippen LogP contribution in [-0.4, -0.2) is 30.0 Å². The maximum atomic E-state index is 11.5. The highest BCUT2D eigenvalue weighted by atomic mass is 79.9. The summed E-state index contributed by atoms with van der Waals surface area (Å²) in [6.45, 7) is 0. The lowest BCUT2D eigenvalue weighted by Crippen LogP contribution is -2.20. The number of hydrogen-bond donors (Lipinski definition) is 2. The predicted octanol–water partition coefficient (Wildman–Crippen LogP) is 3.92. The highest BCUT2D eigenvalue weighted by molar-refractivity contribution is 9.09. The van der Waals surface area contributed by atoms with Gasteiger partial charge in [0.05, 0.1) is 0 Å². The van der Waals surface area contributed by atoms with E-state index in [0.29, 0.717) is 12.8 Å². The zero-order chi connectivity index (χ0) is 13.3. The van der Waals surface area contributed by atoms with Gasteiger partial charge in [0.2, 0.25) is 10.2 Å². The Balaban J connectivity index is 4.13. The van der Waals surface area contributed by atoms with Crippen molar-refractivity contribution in [2.45, 2.75) is 38.5 Å². The average Bonchev–Trinajstić information content (AvgIpc) is 2.29. The fraction of sp³-hybridized carbons (Fsp3) is 0.800. The first-order valence-electron chi connectivity index (χ1n) is 5.42. The average molecular weight is 394 g/mol. The molecule has 0 aromatic carbocycles. The Bertz CT molecular complexity index is 235. The minimum Gasteiger partial charge on any atom is -0.286 e. The summed E-state index contributed by atoms with van der Waals surface area (Å²) in [4.78, 5) is 23.0. The number of unbranched alkanes of at least 4 members (excludes halogenated alkanes) is 2. The van der Waals surface area contributed by atoms with E-state index in [0.717, 1.165) is 23.5 Å². The van der Waals surface area contributed by atoms with Gasteiger partial charge >= 0.3 is 0 Å². The normalized spacial score (nSPS) is 12.5. The van der Waals surface area contributed by atoms with Crippen LogP contribution in [-0.2, 0) is 9.59 Å². The number of halogens is 2. The zero-order valence-corrected chi connectivity index (χ0v) is 13.5. The lowest BCUT2D eigenvalue weighted by molar-refractivity contribution is -0.115. The van der Waals surface area contributed by atoms with Crippen LogP contribution >= 0.6 is 42.4 Å². The van der Waals surface area contributed by atoms with Crippen molar-refractivity contribution in [3.63, 3.8) is 0 Å². The maximum absolute atomic E-state index is 11.5. The van der Waals surface area contributed by atoms with Gasteiger partial charge in [-0.3, -0.25) is 18.7 Å². The molecule has 17 heavy (non-hydrogen) atoms. The van der Waals surface area contributed by atoms with Crippen molar-refractivity contribution in [1.82, 2.24) is 0 Å². The van der Waals surface area contributed by atoms with Crippen LogP contribution in [0.25, 0.3) is 0 Å². The Morgan fingerprint density at radius 1 is 0.824 bits per heavy atom. The summed E-state index contributed by atoms with van der Waals surface area (Å²) >= 11 is 6.44. The molecule has 0 spiro atoms. The summed E-state index contributed by atoms with van der Waals surface area (Å²) in [5, 5.41) is 0.0849. The first-order chi connectivity index (χ1) is 7.96. The largest absolute Gasteiger partial charge is 0.286 e. The van der Waals surface area contributed by atoms with E-state index in [1.54, 1.807) is 0 Å². The Labute approximate surface area is 120 Å². The fourth-order valence-corrected chi connectivity index (χ4v) is 3.04. The van der Waals surface area contributed by atoms with Crippen LogP contribution in [0.3, 0.4) is 0 Å². The second-order valence-electron chi connectivity index (χ2n) is 3.59. The number of rotatable bonds is 8. The summed E-state index contributed by atoms with van der Waals surface area (Å²) in [6, 6.07) is 0. The molecule has 0 radical (unpaired) electrons.